The normalized spacial score (nSPS) is 13.0. The second-order valence-corrected chi connectivity index (χ2v) is 7.82. The lowest BCUT2D eigenvalue weighted by Crippen LogP contribution is -2.39. The van der Waals surface area contributed by atoms with E-state index >= 15 is 0 Å². The fourth-order valence-electron chi connectivity index (χ4n) is 3.01. The summed E-state index contributed by atoms with van der Waals surface area (Å²) in [5.74, 6) is 0.650. The highest BCUT2D eigenvalue weighted by Crippen LogP contribution is 2.19. The molecule has 8 heteroatoms. The Morgan fingerprint density at radius 1 is 1.06 bits per heavy atom. The van der Waals surface area contributed by atoms with Gasteiger partial charge in [-0.05, 0) is 56.6 Å². The molecule has 6 nitrogen and oxygen atoms in total. The third-order valence-corrected chi connectivity index (χ3v) is 5.12. The summed E-state index contributed by atoms with van der Waals surface area (Å²) in [5.41, 5.74) is 2.97. The first-order valence-corrected chi connectivity index (χ1v) is 10.8. The van der Waals surface area contributed by atoms with Crippen LogP contribution in [0.3, 0.4) is 0 Å². The maximum absolute atomic E-state index is 12.3. The first-order chi connectivity index (χ1) is 15.3. The highest BCUT2D eigenvalue weighted by molar-refractivity contribution is 5.79. The van der Waals surface area contributed by atoms with Crippen LogP contribution in [0.15, 0.2) is 53.5 Å². The zero-order chi connectivity index (χ0) is 23.5. The molecule has 0 heterocycles. The molecule has 0 bridgehead atoms. The number of hydrogen-bond donors (Lipinski definition) is 3. The van der Waals surface area contributed by atoms with Crippen molar-refractivity contribution in [1.82, 2.24) is 15.5 Å². The van der Waals surface area contributed by atoms with Crippen molar-refractivity contribution in [2.75, 3.05) is 20.1 Å². The number of guanidine groups is 1. The quantitative estimate of drug-likeness (QED) is 0.359. The molecule has 2 aromatic rings. The molecule has 2 rings (SSSR count). The van der Waals surface area contributed by atoms with Gasteiger partial charge in [-0.1, -0.05) is 36.4 Å². The van der Waals surface area contributed by atoms with Crippen LogP contribution in [0.1, 0.15) is 43.6 Å². The Kier molecular flexibility index (Phi) is 10.4. The van der Waals surface area contributed by atoms with Gasteiger partial charge in [-0.3, -0.25) is 4.90 Å². The molecule has 1 atom stereocenters. The lowest BCUT2D eigenvalue weighted by molar-refractivity contribution is -0.0498. The highest BCUT2D eigenvalue weighted by atomic mass is 19.3. The van der Waals surface area contributed by atoms with Crippen molar-refractivity contribution >= 4 is 5.96 Å². The summed E-state index contributed by atoms with van der Waals surface area (Å²) >= 11 is 0. The van der Waals surface area contributed by atoms with Crippen LogP contribution in [0.4, 0.5) is 8.78 Å². The van der Waals surface area contributed by atoms with E-state index in [4.69, 9.17) is 0 Å². The van der Waals surface area contributed by atoms with Crippen molar-refractivity contribution in [3.8, 4) is 5.75 Å². The van der Waals surface area contributed by atoms with E-state index < -0.39 is 12.7 Å². The Morgan fingerprint density at radius 3 is 2.31 bits per heavy atom. The second kappa shape index (κ2) is 13.0. The van der Waals surface area contributed by atoms with Crippen LogP contribution in [0.2, 0.25) is 0 Å². The molecule has 0 aliphatic carbocycles. The molecular formula is C24H34F2N4O2. The number of rotatable bonds is 11. The lowest BCUT2D eigenvalue weighted by Gasteiger charge is -2.22. The van der Waals surface area contributed by atoms with E-state index in [9.17, 15) is 13.9 Å². The summed E-state index contributed by atoms with van der Waals surface area (Å²) in [4.78, 5) is 6.95. The van der Waals surface area contributed by atoms with Gasteiger partial charge in [0.1, 0.15) is 5.75 Å². The van der Waals surface area contributed by atoms with Gasteiger partial charge in [-0.2, -0.15) is 8.78 Å². The van der Waals surface area contributed by atoms with Crippen molar-refractivity contribution in [2.24, 2.45) is 4.99 Å². The Labute approximate surface area is 189 Å². The molecule has 0 saturated carbocycles. The van der Waals surface area contributed by atoms with Gasteiger partial charge in [0.25, 0.3) is 0 Å². The molecule has 0 aliphatic rings. The van der Waals surface area contributed by atoms with E-state index in [0.29, 0.717) is 30.7 Å². The smallest absolute Gasteiger partial charge is 0.387 e. The number of ether oxygens (including phenoxy) is 1. The monoisotopic (exact) mass is 448 g/mol. The summed E-state index contributed by atoms with van der Waals surface area (Å²) in [6.07, 6.45) is -0.827. The van der Waals surface area contributed by atoms with Gasteiger partial charge in [-0.15, -0.1) is 0 Å². The number of aliphatic hydroxyl groups is 1. The Morgan fingerprint density at radius 2 is 1.72 bits per heavy atom. The summed E-state index contributed by atoms with van der Waals surface area (Å²) in [6.45, 7) is 5.68. The molecular weight excluding hydrogens is 414 g/mol. The van der Waals surface area contributed by atoms with Crippen LogP contribution in [-0.2, 0) is 13.1 Å². The summed E-state index contributed by atoms with van der Waals surface area (Å²) in [7, 11) is 2.10. The van der Waals surface area contributed by atoms with E-state index in [1.807, 2.05) is 19.1 Å². The lowest BCUT2D eigenvalue weighted by atomic mass is 10.1. The zero-order valence-corrected chi connectivity index (χ0v) is 19.2. The molecule has 176 valence electrons. The average molecular weight is 449 g/mol. The third-order valence-electron chi connectivity index (χ3n) is 5.12. The van der Waals surface area contributed by atoms with Gasteiger partial charge in [0.05, 0.1) is 12.6 Å². The molecule has 0 fully saturated rings. The van der Waals surface area contributed by atoms with E-state index in [0.717, 1.165) is 12.1 Å². The Bertz CT molecular complexity index is 844. The summed E-state index contributed by atoms with van der Waals surface area (Å²) < 4.78 is 28.9. The number of aliphatic imine (C=N–C) groups is 1. The van der Waals surface area contributed by atoms with Gasteiger partial charge >= 0.3 is 6.61 Å². The van der Waals surface area contributed by atoms with E-state index in [1.54, 1.807) is 12.1 Å². The van der Waals surface area contributed by atoms with E-state index in [1.165, 1.54) is 17.7 Å². The topological polar surface area (TPSA) is 69.1 Å². The van der Waals surface area contributed by atoms with Crippen LogP contribution in [-0.4, -0.2) is 48.8 Å². The molecule has 0 spiro atoms. The molecule has 3 N–H and O–H groups in total. The second-order valence-electron chi connectivity index (χ2n) is 7.82. The predicted octanol–water partition coefficient (Wildman–Crippen LogP) is 3.92. The van der Waals surface area contributed by atoms with Crippen molar-refractivity contribution in [3.63, 3.8) is 0 Å². The first-order valence-electron chi connectivity index (χ1n) is 10.8. The minimum Gasteiger partial charge on any atom is -0.435 e. The highest BCUT2D eigenvalue weighted by Gasteiger charge is 2.11. The number of nitrogens with one attached hydrogen (secondary N) is 2. The van der Waals surface area contributed by atoms with Crippen LogP contribution in [0, 0.1) is 0 Å². The van der Waals surface area contributed by atoms with Crippen molar-refractivity contribution in [2.45, 2.75) is 52.6 Å². The molecule has 32 heavy (non-hydrogen) atoms. The SMILES string of the molecule is CCNC(=NCc1ccccc1CN(C)C(C)C)NCC(O)c1ccc(OC(F)F)cc1. The van der Waals surface area contributed by atoms with Crippen molar-refractivity contribution in [1.29, 1.82) is 0 Å². The fourth-order valence-corrected chi connectivity index (χ4v) is 3.01. The maximum atomic E-state index is 12.3. The number of hydrogen-bond acceptors (Lipinski definition) is 4. The summed E-state index contributed by atoms with van der Waals surface area (Å²) in [6, 6.07) is 14.6. The molecule has 0 amide bonds. The van der Waals surface area contributed by atoms with Crippen LogP contribution < -0.4 is 15.4 Å². The number of halogens is 2. The minimum absolute atomic E-state index is 0.0561. The number of alkyl halides is 2. The van der Waals surface area contributed by atoms with Crippen LogP contribution >= 0.6 is 0 Å². The van der Waals surface area contributed by atoms with E-state index in [-0.39, 0.29) is 12.3 Å². The molecule has 0 aromatic heterocycles. The maximum Gasteiger partial charge on any atom is 0.387 e. The van der Waals surface area contributed by atoms with Gasteiger partial charge in [0, 0.05) is 25.7 Å². The molecule has 0 aliphatic heterocycles. The Balaban J connectivity index is 2.00. The summed E-state index contributed by atoms with van der Waals surface area (Å²) in [5, 5.41) is 16.8. The standard InChI is InChI=1S/C24H34F2N4O2/c1-5-27-24(28-14-19-8-6-7-9-20(19)16-30(4)17(2)3)29-15-22(31)18-10-12-21(13-11-18)32-23(25)26/h6-13,17,22-23,31H,5,14-16H2,1-4H3,(H2,27,28,29). The minimum atomic E-state index is -2.87. The van der Waals surface area contributed by atoms with Gasteiger partial charge < -0.3 is 20.5 Å². The zero-order valence-electron chi connectivity index (χ0n) is 19.2. The first kappa shape index (κ1) is 25.5. The van der Waals surface area contributed by atoms with Gasteiger partial charge in [-0.25, -0.2) is 4.99 Å². The molecule has 0 saturated heterocycles. The fraction of sp³-hybridized carbons (Fsp3) is 0.458. The van der Waals surface area contributed by atoms with Crippen molar-refractivity contribution in [3.05, 3.63) is 65.2 Å². The van der Waals surface area contributed by atoms with Gasteiger partial charge in [0.15, 0.2) is 5.96 Å². The number of aliphatic hydroxyl groups excluding tert-OH is 1. The van der Waals surface area contributed by atoms with E-state index in [2.05, 4.69) is 58.3 Å². The molecule has 1 unspecified atom stereocenters. The number of benzene rings is 2. The van der Waals surface area contributed by atoms with Crippen molar-refractivity contribution < 1.29 is 18.6 Å². The Hall–Kier alpha value is -2.71. The van der Waals surface area contributed by atoms with Crippen LogP contribution in [0.5, 0.6) is 5.75 Å². The van der Waals surface area contributed by atoms with Gasteiger partial charge in [0.2, 0.25) is 0 Å². The average Bonchev–Trinajstić information content (AvgIpc) is 2.76. The third kappa shape index (κ3) is 8.43. The largest absolute Gasteiger partial charge is 0.435 e. The predicted molar refractivity (Wildman–Crippen MR) is 124 cm³/mol. The molecule has 0 radical (unpaired) electrons. The van der Waals surface area contributed by atoms with Crippen LogP contribution in [0.25, 0.3) is 0 Å². The number of nitrogens with zero attached hydrogens (tertiary/aromatic N) is 2. The molecule has 2 aromatic carbocycles.